The van der Waals surface area contributed by atoms with Gasteiger partial charge in [0.05, 0.1) is 30.8 Å². The smallest absolute Gasteiger partial charge is 0.341 e. The number of rotatable bonds is 3. The van der Waals surface area contributed by atoms with Crippen molar-refractivity contribution < 1.29 is 9.53 Å². The molecule has 2 aromatic carbocycles. The summed E-state index contributed by atoms with van der Waals surface area (Å²) < 4.78 is 5.84. The minimum absolute atomic E-state index is 0.0337. The summed E-state index contributed by atoms with van der Waals surface area (Å²) in [4.78, 5) is 14.5. The van der Waals surface area contributed by atoms with Crippen LogP contribution in [0.3, 0.4) is 0 Å². The highest BCUT2D eigenvalue weighted by molar-refractivity contribution is 5.79. The second-order valence-corrected chi connectivity index (χ2v) is 6.37. The van der Waals surface area contributed by atoms with Gasteiger partial charge in [0.2, 0.25) is 0 Å². The lowest BCUT2D eigenvalue weighted by atomic mass is 10.0. The Morgan fingerprint density at radius 2 is 1.85 bits per heavy atom. The van der Waals surface area contributed by atoms with Crippen LogP contribution in [0.25, 0.3) is 0 Å². The SMILES string of the molecule is N#Cc1ccc(OC2CN(C(=O)N3N=CCC3c3ccccc3)C2)cc1. The van der Waals surface area contributed by atoms with Crippen LogP contribution in [-0.2, 0) is 0 Å². The minimum Gasteiger partial charge on any atom is -0.487 e. The van der Waals surface area contributed by atoms with Gasteiger partial charge in [0.1, 0.15) is 11.9 Å². The van der Waals surface area contributed by atoms with E-state index in [0.717, 1.165) is 12.0 Å². The maximum Gasteiger partial charge on any atom is 0.341 e. The number of benzene rings is 2. The molecule has 1 saturated heterocycles. The van der Waals surface area contributed by atoms with Crippen LogP contribution in [-0.4, -0.2) is 41.3 Å². The van der Waals surface area contributed by atoms with Gasteiger partial charge in [-0.25, -0.2) is 9.80 Å². The lowest BCUT2D eigenvalue weighted by molar-refractivity contribution is 0.0277. The second kappa shape index (κ2) is 6.89. The van der Waals surface area contributed by atoms with E-state index >= 15 is 0 Å². The average molecular weight is 346 g/mol. The van der Waals surface area contributed by atoms with Crippen molar-refractivity contribution in [1.29, 1.82) is 5.26 Å². The van der Waals surface area contributed by atoms with Crippen molar-refractivity contribution in [1.82, 2.24) is 9.91 Å². The number of nitriles is 1. The molecule has 6 heteroatoms. The Hall–Kier alpha value is -3.33. The van der Waals surface area contributed by atoms with E-state index in [1.54, 1.807) is 40.4 Å². The van der Waals surface area contributed by atoms with E-state index < -0.39 is 0 Å². The molecule has 6 nitrogen and oxygen atoms in total. The van der Waals surface area contributed by atoms with Gasteiger partial charge in [0, 0.05) is 12.6 Å². The Kier molecular flexibility index (Phi) is 4.28. The van der Waals surface area contributed by atoms with Gasteiger partial charge in [0.25, 0.3) is 0 Å². The molecule has 1 unspecified atom stereocenters. The van der Waals surface area contributed by atoms with E-state index in [-0.39, 0.29) is 18.2 Å². The highest BCUT2D eigenvalue weighted by Crippen LogP contribution is 2.30. The fourth-order valence-electron chi connectivity index (χ4n) is 3.16. The average Bonchev–Trinajstić information content (AvgIpc) is 3.15. The van der Waals surface area contributed by atoms with Gasteiger partial charge in [-0.15, -0.1) is 0 Å². The number of hydrogen-bond donors (Lipinski definition) is 0. The van der Waals surface area contributed by atoms with Crippen LogP contribution in [0.1, 0.15) is 23.6 Å². The number of nitrogens with zero attached hydrogens (tertiary/aromatic N) is 4. The number of amides is 2. The van der Waals surface area contributed by atoms with Crippen molar-refractivity contribution in [3.05, 3.63) is 65.7 Å². The number of hydrogen-bond acceptors (Lipinski definition) is 4. The summed E-state index contributed by atoms with van der Waals surface area (Å²) in [6.07, 6.45) is 2.49. The molecule has 130 valence electrons. The molecule has 0 spiro atoms. The van der Waals surface area contributed by atoms with Crippen molar-refractivity contribution in [3.63, 3.8) is 0 Å². The molecular formula is C20H18N4O2. The van der Waals surface area contributed by atoms with Gasteiger partial charge in [-0.3, -0.25) is 0 Å². The topological polar surface area (TPSA) is 68.9 Å². The Morgan fingerprint density at radius 3 is 2.54 bits per heavy atom. The molecule has 2 aliphatic heterocycles. The van der Waals surface area contributed by atoms with Gasteiger partial charge < -0.3 is 9.64 Å². The number of ether oxygens (including phenoxy) is 1. The molecule has 0 aliphatic carbocycles. The summed E-state index contributed by atoms with van der Waals surface area (Å²) in [5.41, 5.74) is 1.69. The lowest BCUT2D eigenvalue weighted by Crippen LogP contribution is -2.58. The number of urea groups is 1. The predicted octanol–water partition coefficient (Wildman–Crippen LogP) is 3.17. The van der Waals surface area contributed by atoms with E-state index in [1.807, 2.05) is 30.3 Å². The monoisotopic (exact) mass is 346 g/mol. The summed E-state index contributed by atoms with van der Waals surface area (Å²) in [6, 6.07) is 18.9. The summed E-state index contributed by atoms with van der Waals surface area (Å²) in [6.45, 7) is 1.07. The third-order valence-corrected chi connectivity index (χ3v) is 4.62. The van der Waals surface area contributed by atoms with Crippen molar-refractivity contribution in [2.75, 3.05) is 13.1 Å². The molecule has 2 aliphatic rings. The van der Waals surface area contributed by atoms with Crippen molar-refractivity contribution in [2.45, 2.75) is 18.6 Å². The van der Waals surface area contributed by atoms with Crippen LogP contribution < -0.4 is 4.74 Å². The normalized spacial score (nSPS) is 19.1. The molecule has 2 aromatic rings. The fraction of sp³-hybridized carbons (Fsp3) is 0.250. The zero-order valence-corrected chi connectivity index (χ0v) is 14.2. The number of carbonyl (C=O) groups excluding carboxylic acids is 1. The van der Waals surface area contributed by atoms with Crippen LogP contribution >= 0.6 is 0 Å². The third kappa shape index (κ3) is 3.11. The molecule has 0 N–H and O–H groups in total. The number of likely N-dealkylation sites (tertiary alicyclic amines) is 1. The highest BCUT2D eigenvalue weighted by Gasteiger charge is 2.38. The van der Waals surface area contributed by atoms with Crippen molar-refractivity contribution >= 4 is 12.2 Å². The summed E-state index contributed by atoms with van der Waals surface area (Å²) in [7, 11) is 0. The van der Waals surface area contributed by atoms with Crippen molar-refractivity contribution in [2.24, 2.45) is 5.10 Å². The van der Waals surface area contributed by atoms with Gasteiger partial charge in [-0.2, -0.15) is 10.4 Å². The first kappa shape index (κ1) is 16.2. The van der Waals surface area contributed by atoms with Gasteiger partial charge in [0.15, 0.2) is 0 Å². The van der Waals surface area contributed by atoms with Gasteiger partial charge in [-0.05, 0) is 29.8 Å². The molecule has 2 amide bonds. The van der Waals surface area contributed by atoms with Crippen LogP contribution in [0.5, 0.6) is 5.75 Å². The van der Waals surface area contributed by atoms with Gasteiger partial charge >= 0.3 is 6.03 Å². The van der Waals surface area contributed by atoms with E-state index in [2.05, 4.69) is 11.2 Å². The maximum atomic E-state index is 12.7. The summed E-state index contributed by atoms with van der Waals surface area (Å²) in [5, 5.41) is 14.7. The van der Waals surface area contributed by atoms with Gasteiger partial charge in [-0.1, -0.05) is 30.3 Å². The van der Waals surface area contributed by atoms with E-state index in [4.69, 9.17) is 10.00 Å². The molecule has 2 heterocycles. The van der Waals surface area contributed by atoms with Crippen LogP contribution in [0.4, 0.5) is 4.79 Å². The quantitative estimate of drug-likeness (QED) is 0.857. The zero-order valence-electron chi connectivity index (χ0n) is 14.2. The summed E-state index contributed by atoms with van der Waals surface area (Å²) >= 11 is 0. The minimum atomic E-state index is -0.0905. The van der Waals surface area contributed by atoms with Crippen LogP contribution in [0, 0.1) is 11.3 Å². The molecule has 0 aromatic heterocycles. The van der Waals surface area contributed by atoms with Crippen molar-refractivity contribution in [3.8, 4) is 11.8 Å². The number of carbonyl (C=O) groups is 1. The Bertz CT molecular complexity index is 852. The van der Waals surface area contributed by atoms with E-state index in [1.165, 1.54) is 0 Å². The lowest BCUT2D eigenvalue weighted by Gasteiger charge is -2.41. The fourth-order valence-corrected chi connectivity index (χ4v) is 3.16. The molecule has 0 radical (unpaired) electrons. The second-order valence-electron chi connectivity index (χ2n) is 6.37. The first-order valence-corrected chi connectivity index (χ1v) is 8.57. The summed E-state index contributed by atoms with van der Waals surface area (Å²) in [5.74, 6) is 0.711. The first-order valence-electron chi connectivity index (χ1n) is 8.57. The molecule has 1 atom stereocenters. The molecule has 0 bridgehead atoms. The largest absolute Gasteiger partial charge is 0.487 e. The van der Waals surface area contributed by atoms with E-state index in [0.29, 0.717) is 24.4 Å². The molecule has 0 saturated carbocycles. The Balaban J connectivity index is 1.34. The molecule has 1 fully saturated rings. The third-order valence-electron chi connectivity index (χ3n) is 4.62. The van der Waals surface area contributed by atoms with Crippen LogP contribution in [0.2, 0.25) is 0 Å². The standard InChI is InChI=1S/C20H18N4O2/c21-12-15-6-8-17(9-7-15)26-18-13-23(14-18)20(25)24-19(10-11-22-24)16-4-2-1-3-5-16/h1-9,11,18-19H,10,13-14H2. The first-order chi connectivity index (χ1) is 12.7. The zero-order chi connectivity index (χ0) is 17.9. The Morgan fingerprint density at radius 1 is 1.12 bits per heavy atom. The van der Waals surface area contributed by atoms with E-state index in [9.17, 15) is 4.79 Å². The maximum absolute atomic E-state index is 12.7. The molecule has 4 rings (SSSR count). The Labute approximate surface area is 151 Å². The molecular weight excluding hydrogens is 328 g/mol. The van der Waals surface area contributed by atoms with Crippen LogP contribution in [0.15, 0.2) is 59.7 Å². The number of hydrazone groups is 1. The highest BCUT2D eigenvalue weighted by atomic mass is 16.5. The predicted molar refractivity (Wildman–Crippen MR) is 96.7 cm³/mol. The molecule has 26 heavy (non-hydrogen) atoms.